The third kappa shape index (κ3) is 5.82. The second kappa shape index (κ2) is 11.8. The number of likely N-dealkylation sites (tertiary alicyclic amines) is 1. The number of rotatable bonds is 5. The van der Waals surface area contributed by atoms with E-state index < -0.39 is 23.4 Å². The molecule has 2 saturated heterocycles. The fourth-order valence-electron chi connectivity index (χ4n) is 5.92. The highest BCUT2D eigenvalue weighted by Crippen LogP contribution is 2.51. The number of amides is 2. The lowest BCUT2D eigenvalue weighted by atomic mass is 9.62. The second-order valence-electron chi connectivity index (χ2n) is 10.3. The quantitative estimate of drug-likeness (QED) is 0.581. The standard InChI is InChI=1S/C28H31F3N2O3.CH4O/c29-28(30,31)25(19-7-2-1-3-8-19)26(35)33-15-13-27(14-16-33)17-24(34)32-18-22(27)21-11-4-5-12-23(21)36-20-9-6-10-20;1-2/h1-5,7-8,11-12,20,22,25H,6,9-10,13-18H2,(H,32,34);2H,1H3. The lowest BCUT2D eigenvalue weighted by Gasteiger charge is -2.49. The predicted octanol–water partition coefficient (Wildman–Crippen LogP) is 4.78. The van der Waals surface area contributed by atoms with Crippen LogP contribution < -0.4 is 10.1 Å². The first-order valence-corrected chi connectivity index (χ1v) is 13.1. The molecule has 0 bridgehead atoms. The van der Waals surface area contributed by atoms with Crippen LogP contribution in [0.1, 0.15) is 61.5 Å². The highest BCUT2D eigenvalue weighted by atomic mass is 19.4. The number of carbonyl (C=O) groups is 2. The van der Waals surface area contributed by atoms with Gasteiger partial charge in [0.1, 0.15) is 5.75 Å². The molecule has 9 heteroatoms. The van der Waals surface area contributed by atoms with E-state index in [0.29, 0.717) is 25.8 Å². The number of benzene rings is 2. The summed E-state index contributed by atoms with van der Waals surface area (Å²) in [6.07, 6.45) is -0.0435. The minimum atomic E-state index is -4.68. The molecule has 38 heavy (non-hydrogen) atoms. The van der Waals surface area contributed by atoms with Gasteiger partial charge < -0.3 is 20.1 Å². The molecule has 0 radical (unpaired) electrons. The van der Waals surface area contributed by atoms with E-state index in [0.717, 1.165) is 37.7 Å². The van der Waals surface area contributed by atoms with Gasteiger partial charge >= 0.3 is 6.18 Å². The van der Waals surface area contributed by atoms with Gasteiger partial charge in [-0.15, -0.1) is 0 Å². The average Bonchev–Trinajstić information content (AvgIpc) is 2.88. The van der Waals surface area contributed by atoms with Crippen LogP contribution in [0.25, 0.3) is 0 Å². The zero-order valence-electron chi connectivity index (χ0n) is 21.5. The molecule has 1 saturated carbocycles. The van der Waals surface area contributed by atoms with Crippen molar-refractivity contribution in [1.82, 2.24) is 10.2 Å². The van der Waals surface area contributed by atoms with Crippen molar-refractivity contribution in [2.45, 2.75) is 62.6 Å². The first-order chi connectivity index (χ1) is 18.3. The smallest absolute Gasteiger partial charge is 0.404 e. The van der Waals surface area contributed by atoms with Gasteiger partial charge in [-0.05, 0) is 54.7 Å². The van der Waals surface area contributed by atoms with Crippen molar-refractivity contribution >= 4 is 11.8 Å². The molecule has 1 spiro atoms. The number of carbonyl (C=O) groups excluding carboxylic acids is 2. The topological polar surface area (TPSA) is 78.9 Å². The molecule has 6 nitrogen and oxygen atoms in total. The molecule has 2 heterocycles. The molecule has 2 aromatic rings. The summed E-state index contributed by atoms with van der Waals surface area (Å²) in [5.74, 6) is -2.37. The third-order valence-corrected chi connectivity index (χ3v) is 8.17. The molecule has 2 aliphatic heterocycles. The first kappa shape index (κ1) is 28.0. The summed E-state index contributed by atoms with van der Waals surface area (Å²) in [6.45, 7) is 0.828. The van der Waals surface area contributed by atoms with Gasteiger partial charge in [0.25, 0.3) is 0 Å². The second-order valence-corrected chi connectivity index (χ2v) is 10.3. The maximum atomic E-state index is 14.0. The summed E-state index contributed by atoms with van der Waals surface area (Å²) in [5.41, 5.74) is 0.549. The van der Waals surface area contributed by atoms with Gasteiger partial charge in [0.2, 0.25) is 11.8 Å². The van der Waals surface area contributed by atoms with Crippen LogP contribution in [-0.4, -0.2) is 60.8 Å². The van der Waals surface area contributed by atoms with Gasteiger partial charge in [-0.25, -0.2) is 0 Å². The Morgan fingerprint density at radius 3 is 2.29 bits per heavy atom. The molecular formula is C29H35F3N2O4. The number of alkyl halides is 3. The van der Waals surface area contributed by atoms with Crippen molar-refractivity contribution in [3.05, 3.63) is 65.7 Å². The molecule has 5 rings (SSSR count). The van der Waals surface area contributed by atoms with E-state index in [9.17, 15) is 22.8 Å². The van der Waals surface area contributed by atoms with Crippen LogP contribution in [0.5, 0.6) is 5.75 Å². The van der Waals surface area contributed by atoms with Crippen LogP contribution in [0, 0.1) is 5.41 Å². The molecule has 2 unspecified atom stereocenters. The van der Waals surface area contributed by atoms with Gasteiger partial charge in [-0.2, -0.15) is 13.2 Å². The Kier molecular flexibility index (Phi) is 8.65. The number of ether oxygens (including phenoxy) is 1. The summed E-state index contributed by atoms with van der Waals surface area (Å²) in [5, 5.41) is 9.98. The molecular weight excluding hydrogens is 497 g/mol. The van der Waals surface area contributed by atoms with E-state index in [1.54, 1.807) is 6.07 Å². The summed E-state index contributed by atoms with van der Waals surface area (Å²) >= 11 is 0. The summed E-state index contributed by atoms with van der Waals surface area (Å²) < 4.78 is 48.2. The van der Waals surface area contributed by atoms with E-state index >= 15 is 0 Å². The summed E-state index contributed by atoms with van der Waals surface area (Å²) in [7, 11) is 1.00. The van der Waals surface area contributed by atoms with Crippen molar-refractivity contribution in [3.8, 4) is 5.75 Å². The Morgan fingerprint density at radius 2 is 1.68 bits per heavy atom. The Labute approximate surface area is 221 Å². The molecule has 2 aromatic carbocycles. The molecule has 0 aromatic heterocycles. The summed E-state index contributed by atoms with van der Waals surface area (Å²) in [4.78, 5) is 27.0. The zero-order valence-corrected chi connectivity index (χ0v) is 21.5. The van der Waals surface area contributed by atoms with Crippen LogP contribution in [0.3, 0.4) is 0 Å². The predicted molar refractivity (Wildman–Crippen MR) is 137 cm³/mol. The monoisotopic (exact) mass is 532 g/mol. The van der Waals surface area contributed by atoms with Crippen molar-refractivity contribution < 1.29 is 32.6 Å². The number of aliphatic hydroxyl groups excluding tert-OH is 1. The Bertz CT molecular complexity index is 1100. The van der Waals surface area contributed by atoms with Gasteiger partial charge in [-0.3, -0.25) is 9.59 Å². The van der Waals surface area contributed by atoms with Crippen molar-refractivity contribution in [1.29, 1.82) is 0 Å². The van der Waals surface area contributed by atoms with Crippen LogP contribution in [0.4, 0.5) is 13.2 Å². The highest BCUT2D eigenvalue weighted by Gasteiger charge is 2.51. The van der Waals surface area contributed by atoms with Crippen LogP contribution in [0.15, 0.2) is 54.6 Å². The number of hydrogen-bond acceptors (Lipinski definition) is 4. The molecule has 2 atom stereocenters. The number of hydrogen-bond donors (Lipinski definition) is 2. The first-order valence-electron chi connectivity index (χ1n) is 13.1. The van der Waals surface area contributed by atoms with Gasteiger partial charge in [-0.1, -0.05) is 48.5 Å². The number of para-hydroxylation sites is 1. The lowest BCUT2D eigenvalue weighted by Crippen LogP contribution is -2.54. The normalized spacial score (nSPS) is 22.0. The molecule has 2 N–H and O–H groups in total. The van der Waals surface area contributed by atoms with Crippen molar-refractivity contribution in [2.24, 2.45) is 5.41 Å². The fraction of sp³-hybridized carbons (Fsp3) is 0.517. The SMILES string of the molecule is CO.O=C1CC2(CCN(C(=O)C(c3ccccc3)C(F)(F)F)CC2)C(c2ccccc2OC2CCC2)CN1. The van der Waals surface area contributed by atoms with E-state index in [1.165, 1.54) is 29.2 Å². The van der Waals surface area contributed by atoms with Crippen molar-refractivity contribution in [3.63, 3.8) is 0 Å². The van der Waals surface area contributed by atoms with Crippen LogP contribution in [0.2, 0.25) is 0 Å². The minimum Gasteiger partial charge on any atom is -0.490 e. The maximum absolute atomic E-state index is 14.0. The fourth-order valence-corrected chi connectivity index (χ4v) is 5.92. The number of halogens is 3. The number of nitrogens with zero attached hydrogens (tertiary/aromatic N) is 1. The van der Waals surface area contributed by atoms with E-state index in [-0.39, 0.29) is 36.6 Å². The van der Waals surface area contributed by atoms with E-state index in [2.05, 4.69) is 5.32 Å². The van der Waals surface area contributed by atoms with Crippen LogP contribution >= 0.6 is 0 Å². The molecule has 206 valence electrons. The largest absolute Gasteiger partial charge is 0.490 e. The Morgan fingerprint density at radius 1 is 1.05 bits per heavy atom. The molecule has 3 fully saturated rings. The Hall–Kier alpha value is -3.07. The zero-order chi connectivity index (χ0) is 27.3. The average molecular weight is 533 g/mol. The van der Waals surface area contributed by atoms with Gasteiger partial charge in [0, 0.05) is 39.1 Å². The van der Waals surface area contributed by atoms with Gasteiger partial charge in [0.15, 0.2) is 5.92 Å². The summed E-state index contributed by atoms with van der Waals surface area (Å²) in [6, 6.07) is 15.3. The number of aliphatic hydroxyl groups is 1. The lowest BCUT2D eigenvalue weighted by molar-refractivity contribution is -0.173. The van der Waals surface area contributed by atoms with Crippen molar-refractivity contribution in [2.75, 3.05) is 26.7 Å². The highest BCUT2D eigenvalue weighted by molar-refractivity contribution is 5.85. The minimum absolute atomic E-state index is 0.0312. The van der Waals surface area contributed by atoms with E-state index in [4.69, 9.17) is 9.84 Å². The number of piperidine rings is 2. The molecule has 1 aliphatic carbocycles. The van der Waals surface area contributed by atoms with Gasteiger partial charge in [0.05, 0.1) is 6.10 Å². The maximum Gasteiger partial charge on any atom is 0.404 e. The third-order valence-electron chi connectivity index (χ3n) is 8.17. The number of nitrogens with one attached hydrogen (secondary N) is 1. The Balaban J connectivity index is 0.00000164. The molecule has 2 amide bonds. The van der Waals surface area contributed by atoms with Crippen LogP contribution in [-0.2, 0) is 9.59 Å². The molecule has 3 aliphatic rings. The van der Waals surface area contributed by atoms with E-state index in [1.807, 2.05) is 24.3 Å².